The Morgan fingerprint density at radius 2 is 1.82 bits per heavy atom. The summed E-state index contributed by atoms with van der Waals surface area (Å²) in [6.45, 7) is 2.76. The van der Waals surface area contributed by atoms with E-state index in [4.69, 9.17) is 4.52 Å². The number of rotatable bonds is 5. The number of aryl methyl sites for hydroxylation is 1. The summed E-state index contributed by atoms with van der Waals surface area (Å²) in [7, 11) is -3.36. The SMILES string of the molecule is Cc1cc(C(=O)NC2CCN(C(=O)c3ccc(NS(C)(=O)=O)cc3)CC2)no1. The Labute approximate surface area is 163 Å². The summed E-state index contributed by atoms with van der Waals surface area (Å²) in [6, 6.07) is 7.85. The summed E-state index contributed by atoms with van der Waals surface area (Å²) >= 11 is 0. The third-order valence-corrected chi connectivity index (χ3v) is 5.02. The van der Waals surface area contributed by atoms with Crippen molar-refractivity contribution in [3.05, 3.63) is 47.3 Å². The van der Waals surface area contributed by atoms with Crippen molar-refractivity contribution in [2.24, 2.45) is 0 Å². The molecule has 3 rings (SSSR count). The van der Waals surface area contributed by atoms with Crippen LogP contribution in [-0.4, -0.2) is 55.7 Å². The molecule has 1 aromatic carbocycles. The molecule has 2 aromatic rings. The molecule has 150 valence electrons. The fourth-order valence-electron chi connectivity index (χ4n) is 3.04. The van der Waals surface area contributed by atoms with Gasteiger partial charge in [-0.1, -0.05) is 5.16 Å². The molecule has 0 unspecified atom stereocenters. The topological polar surface area (TPSA) is 122 Å². The summed E-state index contributed by atoms with van der Waals surface area (Å²) in [6.07, 6.45) is 2.35. The van der Waals surface area contributed by atoms with Gasteiger partial charge < -0.3 is 14.7 Å². The highest BCUT2D eigenvalue weighted by Crippen LogP contribution is 2.17. The van der Waals surface area contributed by atoms with E-state index < -0.39 is 10.0 Å². The summed E-state index contributed by atoms with van der Waals surface area (Å²) in [4.78, 5) is 26.5. The first-order valence-electron chi connectivity index (χ1n) is 8.82. The zero-order valence-electron chi connectivity index (χ0n) is 15.6. The monoisotopic (exact) mass is 406 g/mol. The molecular formula is C18H22N4O5S. The van der Waals surface area contributed by atoms with Crippen LogP contribution in [0.5, 0.6) is 0 Å². The highest BCUT2D eigenvalue weighted by atomic mass is 32.2. The number of hydrogen-bond acceptors (Lipinski definition) is 6. The van der Waals surface area contributed by atoms with Gasteiger partial charge in [-0.15, -0.1) is 0 Å². The van der Waals surface area contributed by atoms with Crippen molar-refractivity contribution in [3.63, 3.8) is 0 Å². The molecular weight excluding hydrogens is 384 g/mol. The molecule has 0 atom stereocenters. The van der Waals surface area contributed by atoms with E-state index in [1.54, 1.807) is 42.2 Å². The van der Waals surface area contributed by atoms with Gasteiger partial charge in [-0.3, -0.25) is 14.3 Å². The van der Waals surface area contributed by atoms with Crippen molar-refractivity contribution in [3.8, 4) is 0 Å². The fraction of sp³-hybridized carbons (Fsp3) is 0.389. The Morgan fingerprint density at radius 1 is 1.18 bits per heavy atom. The lowest BCUT2D eigenvalue weighted by Crippen LogP contribution is -2.46. The smallest absolute Gasteiger partial charge is 0.273 e. The van der Waals surface area contributed by atoms with Crippen molar-refractivity contribution in [2.45, 2.75) is 25.8 Å². The lowest BCUT2D eigenvalue weighted by Gasteiger charge is -2.32. The van der Waals surface area contributed by atoms with E-state index in [0.29, 0.717) is 42.9 Å². The number of likely N-dealkylation sites (tertiary alicyclic amines) is 1. The standard InChI is InChI=1S/C18H22N4O5S/c1-12-11-16(20-27-12)17(23)19-14-7-9-22(10-8-14)18(24)13-3-5-15(6-4-13)21-28(2,25)26/h3-6,11,14,21H,7-10H2,1-2H3,(H,19,23). The second-order valence-corrected chi connectivity index (χ2v) is 8.56. The first-order valence-corrected chi connectivity index (χ1v) is 10.7. The number of nitrogens with zero attached hydrogens (tertiary/aromatic N) is 2. The van der Waals surface area contributed by atoms with Gasteiger partial charge in [0.2, 0.25) is 10.0 Å². The Balaban J connectivity index is 1.53. The van der Waals surface area contributed by atoms with Crippen molar-refractivity contribution in [1.82, 2.24) is 15.4 Å². The zero-order chi connectivity index (χ0) is 20.3. The number of benzene rings is 1. The van der Waals surface area contributed by atoms with E-state index >= 15 is 0 Å². The van der Waals surface area contributed by atoms with Gasteiger partial charge in [0.25, 0.3) is 11.8 Å². The number of hydrogen-bond donors (Lipinski definition) is 2. The van der Waals surface area contributed by atoms with Crippen LogP contribution in [0, 0.1) is 6.92 Å². The van der Waals surface area contributed by atoms with E-state index in [2.05, 4.69) is 15.2 Å². The minimum absolute atomic E-state index is 0.0325. The molecule has 1 saturated heterocycles. The molecule has 0 saturated carbocycles. The van der Waals surface area contributed by atoms with Crippen molar-refractivity contribution >= 4 is 27.5 Å². The van der Waals surface area contributed by atoms with Crippen LogP contribution in [0.25, 0.3) is 0 Å². The number of anilines is 1. The highest BCUT2D eigenvalue weighted by Gasteiger charge is 2.25. The fourth-order valence-corrected chi connectivity index (χ4v) is 3.60. The van der Waals surface area contributed by atoms with Gasteiger partial charge >= 0.3 is 0 Å². The van der Waals surface area contributed by atoms with Crippen molar-refractivity contribution in [2.75, 3.05) is 24.1 Å². The Kier molecular flexibility index (Phi) is 5.68. The molecule has 2 N–H and O–H groups in total. The van der Waals surface area contributed by atoms with Crippen LogP contribution in [0.3, 0.4) is 0 Å². The van der Waals surface area contributed by atoms with E-state index in [0.717, 1.165) is 6.26 Å². The van der Waals surface area contributed by atoms with Crippen LogP contribution in [0.4, 0.5) is 5.69 Å². The summed E-state index contributed by atoms with van der Waals surface area (Å²) in [5.41, 5.74) is 1.14. The average molecular weight is 406 g/mol. The van der Waals surface area contributed by atoms with Crippen LogP contribution in [0.15, 0.2) is 34.9 Å². The second-order valence-electron chi connectivity index (χ2n) is 6.81. The van der Waals surface area contributed by atoms with E-state index in [9.17, 15) is 18.0 Å². The molecule has 2 heterocycles. The van der Waals surface area contributed by atoms with Gasteiger partial charge in [0.1, 0.15) is 5.76 Å². The van der Waals surface area contributed by atoms with Gasteiger partial charge in [-0.05, 0) is 44.0 Å². The lowest BCUT2D eigenvalue weighted by atomic mass is 10.0. The minimum atomic E-state index is -3.36. The Morgan fingerprint density at radius 3 is 2.36 bits per heavy atom. The Hall–Kier alpha value is -2.88. The molecule has 0 spiro atoms. The molecule has 0 bridgehead atoms. The molecule has 10 heteroatoms. The Bertz CT molecular complexity index is 960. The van der Waals surface area contributed by atoms with Gasteiger partial charge in [0, 0.05) is 36.4 Å². The largest absolute Gasteiger partial charge is 0.361 e. The molecule has 2 amide bonds. The quantitative estimate of drug-likeness (QED) is 0.774. The summed E-state index contributed by atoms with van der Waals surface area (Å²) in [5, 5.41) is 6.61. The predicted octanol–water partition coefficient (Wildman–Crippen LogP) is 1.39. The molecule has 1 aliphatic heterocycles. The third-order valence-electron chi connectivity index (χ3n) is 4.41. The van der Waals surface area contributed by atoms with Crippen LogP contribution >= 0.6 is 0 Å². The first-order chi connectivity index (χ1) is 13.2. The van der Waals surface area contributed by atoms with Crippen LogP contribution in [0.1, 0.15) is 39.4 Å². The highest BCUT2D eigenvalue weighted by molar-refractivity contribution is 7.92. The van der Waals surface area contributed by atoms with Crippen LogP contribution in [0.2, 0.25) is 0 Å². The van der Waals surface area contributed by atoms with Gasteiger partial charge in [0.15, 0.2) is 5.69 Å². The molecule has 9 nitrogen and oxygen atoms in total. The lowest BCUT2D eigenvalue weighted by molar-refractivity contribution is 0.0697. The normalized spacial score (nSPS) is 15.3. The average Bonchev–Trinajstić information content (AvgIpc) is 3.08. The second kappa shape index (κ2) is 8.01. The van der Waals surface area contributed by atoms with E-state index in [1.807, 2.05) is 0 Å². The van der Waals surface area contributed by atoms with E-state index in [-0.39, 0.29) is 23.6 Å². The number of aromatic nitrogens is 1. The number of sulfonamides is 1. The molecule has 1 fully saturated rings. The summed E-state index contributed by atoms with van der Waals surface area (Å²) in [5.74, 6) is 0.168. The van der Waals surface area contributed by atoms with Gasteiger partial charge in [0.05, 0.1) is 6.26 Å². The predicted molar refractivity (Wildman–Crippen MR) is 103 cm³/mol. The maximum absolute atomic E-state index is 12.6. The maximum atomic E-state index is 12.6. The minimum Gasteiger partial charge on any atom is -0.361 e. The summed E-state index contributed by atoms with van der Waals surface area (Å²) < 4.78 is 29.7. The van der Waals surface area contributed by atoms with Gasteiger partial charge in [-0.25, -0.2) is 8.42 Å². The van der Waals surface area contributed by atoms with Crippen molar-refractivity contribution < 1.29 is 22.5 Å². The number of nitrogens with one attached hydrogen (secondary N) is 2. The molecule has 1 aromatic heterocycles. The van der Waals surface area contributed by atoms with Crippen LogP contribution < -0.4 is 10.0 Å². The third kappa shape index (κ3) is 5.10. The first kappa shape index (κ1) is 19.9. The number of carbonyl (C=O) groups excluding carboxylic acids is 2. The molecule has 1 aliphatic rings. The number of piperidine rings is 1. The number of carbonyl (C=O) groups is 2. The molecule has 28 heavy (non-hydrogen) atoms. The maximum Gasteiger partial charge on any atom is 0.273 e. The molecule has 0 aliphatic carbocycles. The molecule has 0 radical (unpaired) electrons. The zero-order valence-corrected chi connectivity index (χ0v) is 16.5. The van der Waals surface area contributed by atoms with Gasteiger partial charge in [-0.2, -0.15) is 0 Å². The van der Waals surface area contributed by atoms with Crippen LogP contribution in [-0.2, 0) is 10.0 Å². The number of amides is 2. The van der Waals surface area contributed by atoms with E-state index in [1.165, 1.54) is 0 Å². The van der Waals surface area contributed by atoms with Crippen molar-refractivity contribution in [1.29, 1.82) is 0 Å².